The maximum absolute atomic E-state index is 13.9. The number of methoxy groups -OCH3 is 1. The molecule has 0 aliphatic rings. The van der Waals surface area contributed by atoms with Crippen LogP contribution >= 0.6 is 11.6 Å². The van der Waals surface area contributed by atoms with Crippen molar-refractivity contribution in [3.05, 3.63) is 107 Å². The molecule has 1 aromatic heterocycles. The van der Waals surface area contributed by atoms with E-state index in [4.69, 9.17) is 22.1 Å². The molecule has 4 N–H and O–H groups in total. The van der Waals surface area contributed by atoms with E-state index in [1.807, 2.05) is 30.3 Å². The van der Waals surface area contributed by atoms with Crippen molar-refractivity contribution in [1.82, 2.24) is 14.9 Å². The monoisotopic (exact) mass is 602 g/mol. The number of carbonyl (C=O) groups excluding carboxylic acids is 3. The summed E-state index contributed by atoms with van der Waals surface area (Å²) in [4.78, 5) is 56.7. The van der Waals surface area contributed by atoms with Crippen molar-refractivity contribution in [2.45, 2.75) is 19.4 Å². The van der Waals surface area contributed by atoms with E-state index in [1.54, 1.807) is 42.5 Å². The first-order valence-corrected chi connectivity index (χ1v) is 13.9. The number of carbonyl (C=O) groups is 3. The number of alkyl halides is 1. The molecule has 4 rings (SSSR count). The molecule has 3 amide bonds. The Hall–Kier alpha value is -5.16. The normalized spacial score (nSPS) is 11.3. The first-order valence-electron chi connectivity index (χ1n) is 13.3. The Kier molecular flexibility index (Phi) is 10.1. The molecule has 0 bridgehead atoms. The van der Waals surface area contributed by atoms with E-state index in [0.717, 1.165) is 5.56 Å². The minimum absolute atomic E-state index is 0.0465. The molecule has 43 heavy (non-hydrogen) atoms. The van der Waals surface area contributed by atoms with E-state index in [0.29, 0.717) is 30.0 Å². The molecule has 0 radical (unpaired) electrons. The average Bonchev–Trinajstić information content (AvgIpc) is 3.00. The lowest BCUT2D eigenvalue weighted by molar-refractivity contribution is -0.125. The largest absolute Gasteiger partial charge is 0.495 e. The van der Waals surface area contributed by atoms with E-state index >= 15 is 0 Å². The van der Waals surface area contributed by atoms with Crippen LogP contribution in [0, 0.1) is 0 Å². The summed E-state index contributed by atoms with van der Waals surface area (Å²) in [6, 6.07) is 21.3. The molecule has 1 heterocycles. The highest BCUT2D eigenvalue weighted by Gasteiger charge is 2.33. The number of amides is 3. The SMILES string of the molecule is COc1ccc(N(C(=O)CCl)C(C(=O)NCCc2ccccc2)c2ccc(NC(C)=O)cc2)cc1-n1ccc(N)nc1=O. The number of nitrogens with zero attached hydrogens (tertiary/aromatic N) is 3. The molecule has 12 heteroatoms. The minimum Gasteiger partial charge on any atom is -0.495 e. The zero-order chi connectivity index (χ0) is 30.9. The van der Waals surface area contributed by atoms with Crippen molar-refractivity contribution in [1.29, 1.82) is 0 Å². The van der Waals surface area contributed by atoms with Crippen LogP contribution in [0.25, 0.3) is 5.69 Å². The summed E-state index contributed by atoms with van der Waals surface area (Å²) in [5.41, 5.74) is 7.59. The van der Waals surface area contributed by atoms with Crippen LogP contribution in [0.1, 0.15) is 24.1 Å². The third kappa shape index (κ3) is 7.57. The van der Waals surface area contributed by atoms with Gasteiger partial charge >= 0.3 is 5.69 Å². The van der Waals surface area contributed by atoms with Gasteiger partial charge in [0.2, 0.25) is 17.7 Å². The summed E-state index contributed by atoms with van der Waals surface area (Å²) in [7, 11) is 1.44. The maximum atomic E-state index is 13.9. The van der Waals surface area contributed by atoms with Gasteiger partial charge in [0.15, 0.2) is 0 Å². The van der Waals surface area contributed by atoms with Crippen LogP contribution in [0.15, 0.2) is 89.9 Å². The second-order valence-corrected chi connectivity index (χ2v) is 9.76. The summed E-state index contributed by atoms with van der Waals surface area (Å²) in [6.45, 7) is 1.70. The van der Waals surface area contributed by atoms with Gasteiger partial charge in [0.05, 0.1) is 12.8 Å². The molecule has 4 aromatic rings. The number of anilines is 3. The Bertz CT molecular complexity index is 1660. The van der Waals surface area contributed by atoms with Crippen LogP contribution in [-0.2, 0) is 20.8 Å². The number of rotatable bonds is 11. The third-order valence-corrected chi connectivity index (χ3v) is 6.75. The molecule has 0 saturated heterocycles. The van der Waals surface area contributed by atoms with Gasteiger partial charge < -0.3 is 21.1 Å². The van der Waals surface area contributed by atoms with Gasteiger partial charge in [-0.05, 0) is 53.9 Å². The van der Waals surface area contributed by atoms with Crippen molar-refractivity contribution >= 4 is 46.5 Å². The molecule has 0 aliphatic carbocycles. The van der Waals surface area contributed by atoms with Crippen LogP contribution in [-0.4, -0.2) is 46.8 Å². The maximum Gasteiger partial charge on any atom is 0.354 e. The van der Waals surface area contributed by atoms with Crippen LogP contribution in [0.4, 0.5) is 17.2 Å². The Morgan fingerprint density at radius 2 is 1.77 bits per heavy atom. The molecule has 0 fully saturated rings. The standard InChI is InChI=1S/C31H31ClN6O5/c1-20(39)35-23-10-8-22(9-11-23)29(30(41)34-16-14-21-6-4-3-5-7-21)38(28(40)19-32)24-12-13-26(43-2)25(18-24)37-17-15-27(33)36-31(37)42/h3-13,15,17-18,29H,14,16,19H2,1-2H3,(H,34,41)(H,35,39)(H2,33,36,42). The zero-order valence-corrected chi connectivity index (χ0v) is 24.4. The quantitative estimate of drug-likeness (QED) is 0.223. The molecule has 0 aliphatic heterocycles. The van der Waals surface area contributed by atoms with E-state index in [-0.39, 0.29) is 23.1 Å². The second kappa shape index (κ2) is 14.1. The minimum atomic E-state index is -1.16. The van der Waals surface area contributed by atoms with Crippen LogP contribution in [0.5, 0.6) is 5.75 Å². The second-order valence-electron chi connectivity index (χ2n) is 9.49. The van der Waals surface area contributed by atoms with Crippen molar-refractivity contribution in [3.63, 3.8) is 0 Å². The van der Waals surface area contributed by atoms with Crippen LogP contribution in [0.3, 0.4) is 0 Å². The molecule has 11 nitrogen and oxygen atoms in total. The van der Waals surface area contributed by atoms with Gasteiger partial charge in [0, 0.05) is 31.0 Å². The Morgan fingerprint density at radius 3 is 2.40 bits per heavy atom. The fourth-order valence-corrected chi connectivity index (χ4v) is 4.69. The van der Waals surface area contributed by atoms with Gasteiger partial charge in [-0.1, -0.05) is 42.5 Å². The first kappa shape index (κ1) is 30.8. The molecule has 222 valence electrons. The van der Waals surface area contributed by atoms with E-state index in [9.17, 15) is 19.2 Å². The number of nitrogens with two attached hydrogens (primary N) is 1. The first-order chi connectivity index (χ1) is 20.7. The molecule has 0 saturated carbocycles. The summed E-state index contributed by atoms with van der Waals surface area (Å²) >= 11 is 6.08. The molecule has 0 spiro atoms. The van der Waals surface area contributed by atoms with E-state index in [1.165, 1.54) is 35.8 Å². The predicted molar refractivity (Wildman–Crippen MR) is 166 cm³/mol. The fourth-order valence-electron chi connectivity index (χ4n) is 4.56. The molecular formula is C31H31ClN6O5. The fraction of sp³-hybridized carbons (Fsp3) is 0.194. The van der Waals surface area contributed by atoms with Gasteiger partial charge in [0.25, 0.3) is 0 Å². The van der Waals surface area contributed by atoms with E-state index < -0.39 is 29.4 Å². The number of hydrogen-bond donors (Lipinski definition) is 3. The lowest BCUT2D eigenvalue weighted by Crippen LogP contribution is -2.45. The Morgan fingerprint density at radius 1 is 1.05 bits per heavy atom. The number of nitrogen functional groups attached to an aromatic ring is 1. The summed E-state index contributed by atoms with van der Waals surface area (Å²) in [5.74, 6) is -1.33. The highest BCUT2D eigenvalue weighted by atomic mass is 35.5. The lowest BCUT2D eigenvalue weighted by Gasteiger charge is -2.31. The van der Waals surface area contributed by atoms with Crippen molar-refractivity contribution in [2.24, 2.45) is 0 Å². The molecule has 1 atom stereocenters. The number of nitrogens with one attached hydrogen (secondary N) is 2. The number of hydrogen-bond acceptors (Lipinski definition) is 7. The van der Waals surface area contributed by atoms with Gasteiger partial charge in [-0.2, -0.15) is 4.98 Å². The number of ether oxygens (including phenoxy) is 1. The van der Waals surface area contributed by atoms with Crippen molar-refractivity contribution in [3.8, 4) is 11.4 Å². The lowest BCUT2D eigenvalue weighted by atomic mass is 10.0. The van der Waals surface area contributed by atoms with Crippen molar-refractivity contribution in [2.75, 3.05) is 35.5 Å². The highest BCUT2D eigenvalue weighted by molar-refractivity contribution is 6.30. The van der Waals surface area contributed by atoms with Crippen LogP contribution < -0.4 is 31.7 Å². The summed E-state index contributed by atoms with van der Waals surface area (Å²) in [5, 5.41) is 5.63. The van der Waals surface area contributed by atoms with E-state index in [2.05, 4.69) is 15.6 Å². The molecular weight excluding hydrogens is 572 g/mol. The Labute approximate surface area is 253 Å². The van der Waals surface area contributed by atoms with Gasteiger partial charge in [0.1, 0.15) is 23.5 Å². The Balaban J connectivity index is 1.79. The number of halogens is 1. The van der Waals surface area contributed by atoms with Gasteiger partial charge in [-0.15, -0.1) is 11.6 Å². The summed E-state index contributed by atoms with van der Waals surface area (Å²) < 4.78 is 6.70. The zero-order valence-electron chi connectivity index (χ0n) is 23.6. The molecule has 3 aromatic carbocycles. The van der Waals surface area contributed by atoms with Crippen molar-refractivity contribution < 1.29 is 19.1 Å². The number of benzene rings is 3. The number of aromatic nitrogens is 2. The summed E-state index contributed by atoms with van der Waals surface area (Å²) in [6.07, 6.45) is 2.01. The highest BCUT2D eigenvalue weighted by Crippen LogP contribution is 2.34. The van der Waals surface area contributed by atoms with Crippen LogP contribution in [0.2, 0.25) is 0 Å². The van der Waals surface area contributed by atoms with Gasteiger partial charge in [-0.3, -0.25) is 23.9 Å². The predicted octanol–water partition coefficient (Wildman–Crippen LogP) is 3.45. The van der Waals surface area contributed by atoms with Gasteiger partial charge in [-0.25, -0.2) is 4.79 Å². The topological polar surface area (TPSA) is 149 Å². The third-order valence-electron chi connectivity index (χ3n) is 6.52. The smallest absolute Gasteiger partial charge is 0.354 e. The average molecular weight is 603 g/mol. The molecule has 1 unspecified atom stereocenters.